The Bertz CT molecular complexity index is 778. The van der Waals surface area contributed by atoms with Crippen LogP contribution in [0.2, 0.25) is 0 Å². The largest absolute Gasteiger partial charge is 0.741 e. The van der Waals surface area contributed by atoms with E-state index < -0.39 is 25.7 Å². The SMILES string of the molecule is CCCCCCCCc1cc[n+](CCCS(=O)(=O)O)cc1.O=S(=O)([O-])C(F)(F)F. The van der Waals surface area contributed by atoms with E-state index in [0.29, 0.717) is 13.0 Å². The summed E-state index contributed by atoms with van der Waals surface area (Å²) in [6.45, 7) is 2.84. The highest BCUT2D eigenvalue weighted by Crippen LogP contribution is 2.20. The summed E-state index contributed by atoms with van der Waals surface area (Å²) in [4.78, 5) is 0. The molecule has 12 heteroatoms. The lowest BCUT2D eigenvalue weighted by Crippen LogP contribution is -2.33. The van der Waals surface area contributed by atoms with Gasteiger partial charge in [-0.05, 0) is 18.4 Å². The van der Waals surface area contributed by atoms with Gasteiger partial charge in [-0.3, -0.25) is 4.55 Å². The Hall–Kier alpha value is -1.24. The second-order valence-corrected chi connectivity index (χ2v) is 9.44. The highest BCUT2D eigenvalue weighted by Gasteiger charge is 2.36. The van der Waals surface area contributed by atoms with Crippen molar-refractivity contribution < 1.29 is 43.7 Å². The molecule has 0 saturated heterocycles. The van der Waals surface area contributed by atoms with Gasteiger partial charge in [-0.15, -0.1) is 0 Å². The molecule has 0 aliphatic heterocycles. The molecular weight excluding hydrogens is 435 g/mol. The quantitative estimate of drug-likeness (QED) is 0.233. The fourth-order valence-electron chi connectivity index (χ4n) is 2.34. The first-order valence-electron chi connectivity index (χ1n) is 9.21. The van der Waals surface area contributed by atoms with Gasteiger partial charge >= 0.3 is 5.51 Å². The summed E-state index contributed by atoms with van der Waals surface area (Å²) in [5.74, 6) is -0.181. The predicted octanol–water partition coefficient (Wildman–Crippen LogP) is 3.21. The van der Waals surface area contributed by atoms with Gasteiger partial charge in [0.2, 0.25) is 0 Å². The fourth-order valence-corrected chi connectivity index (χ4v) is 2.84. The number of rotatable bonds is 11. The molecule has 170 valence electrons. The van der Waals surface area contributed by atoms with E-state index in [4.69, 9.17) is 17.5 Å². The number of hydrogen-bond acceptors (Lipinski definition) is 5. The van der Waals surface area contributed by atoms with E-state index in [1.165, 1.54) is 44.1 Å². The summed E-state index contributed by atoms with van der Waals surface area (Å²) in [6, 6.07) is 4.19. The summed E-state index contributed by atoms with van der Waals surface area (Å²) >= 11 is 0. The van der Waals surface area contributed by atoms with Crippen LogP contribution in [0.25, 0.3) is 0 Å². The van der Waals surface area contributed by atoms with E-state index in [1.54, 1.807) is 0 Å². The molecule has 1 aromatic rings. The molecule has 1 N–H and O–H groups in total. The molecule has 0 atom stereocenters. The zero-order valence-corrected chi connectivity index (χ0v) is 17.9. The van der Waals surface area contributed by atoms with Crippen molar-refractivity contribution in [3.63, 3.8) is 0 Å². The number of nitrogens with zero attached hydrogens (tertiary/aromatic N) is 1. The van der Waals surface area contributed by atoms with Gasteiger partial charge in [0.25, 0.3) is 10.1 Å². The topological polar surface area (TPSA) is 115 Å². The number of pyridine rings is 1. The van der Waals surface area contributed by atoms with Crippen molar-refractivity contribution in [2.75, 3.05) is 5.75 Å². The number of unbranched alkanes of at least 4 members (excludes halogenated alkanes) is 5. The summed E-state index contributed by atoms with van der Waals surface area (Å²) < 4.78 is 90.8. The van der Waals surface area contributed by atoms with Gasteiger partial charge in [0.15, 0.2) is 22.5 Å². The first-order valence-corrected chi connectivity index (χ1v) is 12.2. The van der Waals surface area contributed by atoms with E-state index in [0.717, 1.165) is 6.42 Å². The first-order chi connectivity index (χ1) is 13.3. The van der Waals surface area contributed by atoms with Crippen molar-refractivity contribution >= 4 is 20.2 Å². The molecule has 1 aromatic heterocycles. The monoisotopic (exact) mass is 463 g/mol. The van der Waals surface area contributed by atoms with Gasteiger partial charge in [0.05, 0.1) is 5.75 Å². The average Bonchev–Trinajstić information content (AvgIpc) is 2.57. The van der Waals surface area contributed by atoms with Crippen LogP contribution >= 0.6 is 0 Å². The molecule has 0 spiro atoms. The molecule has 1 heterocycles. The van der Waals surface area contributed by atoms with Crippen molar-refractivity contribution in [2.45, 2.75) is 70.3 Å². The molecule has 0 aromatic carbocycles. The molecule has 0 unspecified atom stereocenters. The van der Waals surface area contributed by atoms with Crippen molar-refractivity contribution in [3.05, 3.63) is 30.1 Å². The van der Waals surface area contributed by atoms with Crippen molar-refractivity contribution in [3.8, 4) is 0 Å². The van der Waals surface area contributed by atoms with Crippen LogP contribution in [-0.4, -0.2) is 37.2 Å². The normalized spacial score (nSPS) is 12.3. The summed E-state index contributed by atoms with van der Waals surface area (Å²) in [7, 11) is -9.93. The van der Waals surface area contributed by atoms with E-state index in [-0.39, 0.29) is 5.75 Å². The van der Waals surface area contributed by atoms with Gasteiger partial charge in [-0.2, -0.15) is 21.6 Å². The zero-order valence-electron chi connectivity index (χ0n) is 16.3. The molecule has 0 aliphatic rings. The number of hydrogen-bond donors (Lipinski definition) is 1. The predicted molar refractivity (Wildman–Crippen MR) is 101 cm³/mol. The minimum absolute atomic E-state index is 0.181. The van der Waals surface area contributed by atoms with Crippen molar-refractivity contribution in [1.82, 2.24) is 0 Å². The lowest BCUT2D eigenvalue weighted by Gasteiger charge is -2.08. The van der Waals surface area contributed by atoms with Crippen LogP contribution in [-0.2, 0) is 33.2 Å². The number of alkyl halides is 3. The molecule has 0 saturated carbocycles. The Morgan fingerprint density at radius 1 is 0.966 bits per heavy atom. The lowest BCUT2D eigenvalue weighted by molar-refractivity contribution is -0.696. The Labute approximate surface area is 170 Å². The van der Waals surface area contributed by atoms with Crippen LogP contribution in [0, 0.1) is 0 Å². The highest BCUT2D eigenvalue weighted by atomic mass is 32.2. The van der Waals surface area contributed by atoms with E-state index >= 15 is 0 Å². The third-order valence-electron chi connectivity index (χ3n) is 3.88. The molecule has 29 heavy (non-hydrogen) atoms. The molecule has 0 fully saturated rings. The van der Waals surface area contributed by atoms with E-state index in [1.807, 2.05) is 17.0 Å². The standard InChI is InChI=1S/C16H27NO3S.CHF3O3S/c1-2-3-4-5-6-7-9-16-10-13-17(14-11-16)12-8-15-21(18,19)20;2-1(3,4)8(5,6)7/h10-11,13-14H,2-9,12,15H2,1H3;(H,5,6,7). The molecule has 0 radical (unpaired) electrons. The summed E-state index contributed by atoms with van der Waals surface area (Å²) in [6.07, 6.45) is 13.3. The molecule has 1 rings (SSSR count). The minimum atomic E-state index is -6.09. The molecular formula is C17H28F3NO6S2. The maximum Gasteiger partial charge on any atom is 0.485 e. The molecule has 0 aliphatic carbocycles. The lowest BCUT2D eigenvalue weighted by atomic mass is 10.1. The second kappa shape index (κ2) is 13.1. The number of halogens is 3. The van der Waals surface area contributed by atoms with Crippen LogP contribution in [0.5, 0.6) is 0 Å². The Kier molecular flexibility index (Phi) is 12.6. The van der Waals surface area contributed by atoms with E-state index in [2.05, 4.69) is 19.1 Å². The average molecular weight is 464 g/mol. The van der Waals surface area contributed by atoms with Gasteiger partial charge < -0.3 is 4.55 Å². The highest BCUT2D eigenvalue weighted by molar-refractivity contribution is 7.86. The zero-order chi connectivity index (χ0) is 22.6. The van der Waals surface area contributed by atoms with E-state index in [9.17, 15) is 21.6 Å². The third kappa shape index (κ3) is 15.3. The smallest absolute Gasteiger partial charge is 0.485 e. The summed E-state index contributed by atoms with van der Waals surface area (Å²) in [5, 5.41) is 0. The van der Waals surface area contributed by atoms with Crippen LogP contribution < -0.4 is 4.57 Å². The fraction of sp³-hybridized carbons (Fsp3) is 0.706. The Morgan fingerprint density at radius 2 is 1.45 bits per heavy atom. The van der Waals surface area contributed by atoms with Gasteiger partial charge in [0, 0.05) is 18.6 Å². The Balaban J connectivity index is 0.000000828. The Morgan fingerprint density at radius 3 is 1.90 bits per heavy atom. The number of aromatic nitrogens is 1. The van der Waals surface area contributed by atoms with Crippen molar-refractivity contribution in [2.24, 2.45) is 0 Å². The molecule has 0 amide bonds. The van der Waals surface area contributed by atoms with Crippen LogP contribution in [0.3, 0.4) is 0 Å². The number of aryl methyl sites for hydroxylation is 2. The van der Waals surface area contributed by atoms with Crippen LogP contribution in [0.15, 0.2) is 24.5 Å². The van der Waals surface area contributed by atoms with Crippen molar-refractivity contribution in [1.29, 1.82) is 0 Å². The molecule has 7 nitrogen and oxygen atoms in total. The second-order valence-electron chi connectivity index (χ2n) is 6.50. The van der Waals surface area contributed by atoms with Gasteiger partial charge in [0.1, 0.15) is 6.54 Å². The van der Waals surface area contributed by atoms with Crippen LogP contribution in [0.1, 0.15) is 57.4 Å². The maximum atomic E-state index is 10.7. The maximum absolute atomic E-state index is 10.7. The summed E-state index contributed by atoms with van der Waals surface area (Å²) in [5.41, 5.74) is -4.32. The minimum Gasteiger partial charge on any atom is -0.741 e. The van der Waals surface area contributed by atoms with Gasteiger partial charge in [-0.1, -0.05) is 39.0 Å². The van der Waals surface area contributed by atoms with Gasteiger partial charge in [-0.25, -0.2) is 13.0 Å². The molecule has 0 bridgehead atoms. The first kappa shape index (κ1) is 27.8. The van der Waals surface area contributed by atoms with Crippen LogP contribution in [0.4, 0.5) is 13.2 Å². The third-order valence-corrected chi connectivity index (χ3v) is 5.25.